The van der Waals surface area contributed by atoms with Crippen LogP contribution in [0.2, 0.25) is 0 Å². The van der Waals surface area contributed by atoms with Gasteiger partial charge in [-0.25, -0.2) is 4.99 Å². The van der Waals surface area contributed by atoms with Gasteiger partial charge in [0.05, 0.1) is 23.9 Å². The summed E-state index contributed by atoms with van der Waals surface area (Å²) in [7, 11) is 2.18. The summed E-state index contributed by atoms with van der Waals surface area (Å²) in [6.07, 6.45) is 4.55. The molecule has 3 fully saturated rings. The summed E-state index contributed by atoms with van der Waals surface area (Å²) >= 11 is 0. The number of hydrogen-bond donors (Lipinski definition) is 1. The van der Waals surface area contributed by atoms with Gasteiger partial charge in [0.15, 0.2) is 0 Å². The van der Waals surface area contributed by atoms with Crippen molar-refractivity contribution < 1.29 is 4.74 Å². The highest BCUT2D eigenvalue weighted by Gasteiger charge is 2.44. The topological polar surface area (TPSA) is 43.3 Å². The fraction of sp³-hybridized carbons (Fsp3) is 0.594. The third kappa shape index (κ3) is 6.52. The second kappa shape index (κ2) is 12.5. The maximum Gasteiger partial charge on any atom is 0.102 e. The zero-order valence-corrected chi connectivity index (χ0v) is 24.5. The predicted molar refractivity (Wildman–Crippen MR) is 161 cm³/mol. The number of hydrogen-bond acceptors (Lipinski definition) is 5. The van der Waals surface area contributed by atoms with Crippen molar-refractivity contribution in [3.8, 4) is 0 Å². The van der Waals surface area contributed by atoms with Gasteiger partial charge in [0, 0.05) is 56.6 Å². The number of allylic oxidation sites excluding steroid dienone is 1. The summed E-state index contributed by atoms with van der Waals surface area (Å²) in [6.45, 7) is 26.1. The predicted octanol–water partition coefficient (Wildman–Crippen LogP) is 5.31. The Kier molecular flexibility index (Phi) is 9.37. The van der Waals surface area contributed by atoms with Crippen molar-refractivity contribution in [2.45, 2.75) is 65.6 Å². The molecule has 4 unspecified atom stereocenters. The summed E-state index contributed by atoms with van der Waals surface area (Å²) in [4.78, 5) is 12.2. The molecule has 0 amide bonds. The van der Waals surface area contributed by atoms with E-state index in [1.165, 1.54) is 5.70 Å². The maximum atomic E-state index is 6.04. The van der Waals surface area contributed by atoms with E-state index in [4.69, 9.17) is 9.73 Å². The van der Waals surface area contributed by atoms with E-state index >= 15 is 0 Å². The number of nitrogens with zero attached hydrogens (tertiary/aromatic N) is 4. The Balaban J connectivity index is 1.43. The number of nitrogens with one attached hydrogen (secondary N) is 1. The van der Waals surface area contributed by atoms with Crippen LogP contribution in [0, 0.1) is 11.8 Å². The molecule has 1 aromatic carbocycles. The normalized spacial score (nSPS) is 25.6. The summed E-state index contributed by atoms with van der Waals surface area (Å²) in [5, 5.41) is 3.75. The largest absolute Gasteiger partial charge is 0.377 e. The quantitative estimate of drug-likeness (QED) is 0.354. The molecular weight excluding hydrogens is 470 g/mol. The first-order valence-corrected chi connectivity index (χ1v) is 14.5. The highest BCUT2D eigenvalue weighted by Crippen LogP contribution is 2.36. The standard InChI is InChI=1S/C32H49N5O/c1-9-29(34-26(7)36-17-15-35(8)16-18-36)28-12-10-27(11-13-28)24(5)33-30(20-22(2)3)25(6)37-21-23(4)32-31(37)14-19-38-32/h9-13,22-23,30-33H,5-6,14-21H2,1-4,7-8H3/b29-9-,34-26?. The average Bonchev–Trinajstić information content (AvgIpc) is 3.50. The lowest BCUT2D eigenvalue weighted by atomic mass is 9.98. The van der Waals surface area contributed by atoms with Crippen molar-refractivity contribution in [2.75, 3.05) is 46.4 Å². The van der Waals surface area contributed by atoms with Crippen LogP contribution in [0.5, 0.6) is 0 Å². The van der Waals surface area contributed by atoms with E-state index in [0.717, 1.165) is 80.5 Å². The molecule has 3 aliphatic rings. The van der Waals surface area contributed by atoms with Gasteiger partial charge in [-0.05, 0) is 50.8 Å². The number of aliphatic imine (C=N–C) groups is 1. The van der Waals surface area contributed by atoms with Crippen LogP contribution in [-0.4, -0.2) is 85.1 Å². The van der Waals surface area contributed by atoms with E-state index in [9.17, 15) is 0 Å². The molecule has 0 spiro atoms. The number of fused-ring (bicyclic) bond motifs is 1. The third-order valence-corrected chi connectivity index (χ3v) is 8.42. The molecule has 3 saturated heterocycles. The Bertz CT molecular complexity index is 1030. The monoisotopic (exact) mass is 519 g/mol. The molecule has 6 heteroatoms. The minimum atomic E-state index is 0.149. The van der Waals surface area contributed by atoms with Gasteiger partial charge in [-0.3, -0.25) is 0 Å². The van der Waals surface area contributed by atoms with Gasteiger partial charge < -0.3 is 24.8 Å². The van der Waals surface area contributed by atoms with Crippen LogP contribution in [0.3, 0.4) is 0 Å². The first-order chi connectivity index (χ1) is 18.2. The first-order valence-electron chi connectivity index (χ1n) is 14.5. The maximum absolute atomic E-state index is 6.04. The van der Waals surface area contributed by atoms with E-state index in [1.807, 2.05) is 0 Å². The van der Waals surface area contributed by atoms with Gasteiger partial charge in [-0.2, -0.15) is 0 Å². The number of likely N-dealkylation sites (N-methyl/N-ethyl adjacent to an activating group) is 1. The van der Waals surface area contributed by atoms with Crippen LogP contribution in [0.25, 0.3) is 11.4 Å². The molecule has 4 atom stereocenters. The van der Waals surface area contributed by atoms with Gasteiger partial charge in [-0.15, -0.1) is 0 Å². The van der Waals surface area contributed by atoms with Crippen LogP contribution in [0.4, 0.5) is 0 Å². The molecule has 1 aromatic rings. The van der Waals surface area contributed by atoms with Crippen LogP contribution in [-0.2, 0) is 4.74 Å². The van der Waals surface area contributed by atoms with E-state index in [-0.39, 0.29) is 6.04 Å². The molecule has 4 rings (SSSR count). The van der Waals surface area contributed by atoms with E-state index in [0.29, 0.717) is 24.0 Å². The van der Waals surface area contributed by atoms with Gasteiger partial charge in [0.1, 0.15) is 5.84 Å². The Morgan fingerprint density at radius 2 is 1.79 bits per heavy atom. The molecule has 208 valence electrons. The Labute approximate surface area is 231 Å². The molecule has 0 saturated carbocycles. The molecule has 1 N–H and O–H groups in total. The highest BCUT2D eigenvalue weighted by molar-refractivity contribution is 5.86. The number of rotatable bonds is 9. The lowest BCUT2D eigenvalue weighted by molar-refractivity contribution is 0.0813. The molecule has 38 heavy (non-hydrogen) atoms. The van der Waals surface area contributed by atoms with Crippen LogP contribution >= 0.6 is 0 Å². The second-order valence-electron chi connectivity index (χ2n) is 11.8. The van der Waals surface area contributed by atoms with Crippen molar-refractivity contribution in [2.24, 2.45) is 16.8 Å². The van der Waals surface area contributed by atoms with E-state index in [2.05, 4.69) is 105 Å². The third-order valence-electron chi connectivity index (χ3n) is 8.42. The van der Waals surface area contributed by atoms with Crippen LogP contribution in [0.15, 0.2) is 54.2 Å². The lowest BCUT2D eigenvalue weighted by Crippen LogP contribution is -2.46. The minimum Gasteiger partial charge on any atom is -0.377 e. The molecule has 0 aromatic heterocycles. The zero-order valence-electron chi connectivity index (χ0n) is 24.5. The molecule has 3 aliphatic heterocycles. The smallest absolute Gasteiger partial charge is 0.102 e. The van der Waals surface area contributed by atoms with Gasteiger partial charge >= 0.3 is 0 Å². The molecule has 0 bridgehead atoms. The second-order valence-corrected chi connectivity index (χ2v) is 11.8. The number of ether oxygens (including phenoxy) is 1. The summed E-state index contributed by atoms with van der Waals surface area (Å²) in [5.74, 6) is 2.18. The Hall–Kier alpha value is -2.57. The van der Waals surface area contributed by atoms with Crippen molar-refractivity contribution in [3.63, 3.8) is 0 Å². The number of benzene rings is 1. The minimum absolute atomic E-state index is 0.149. The van der Waals surface area contributed by atoms with Gasteiger partial charge in [0.2, 0.25) is 0 Å². The lowest BCUT2D eigenvalue weighted by Gasteiger charge is -2.34. The van der Waals surface area contributed by atoms with Crippen molar-refractivity contribution in [1.29, 1.82) is 0 Å². The number of amidine groups is 1. The molecule has 6 nitrogen and oxygen atoms in total. The fourth-order valence-corrected chi connectivity index (χ4v) is 6.11. The Morgan fingerprint density at radius 3 is 2.42 bits per heavy atom. The number of likely N-dealkylation sites (tertiary alicyclic amines) is 1. The first kappa shape index (κ1) is 28.4. The number of piperazine rings is 1. The Morgan fingerprint density at radius 1 is 1.13 bits per heavy atom. The van der Waals surface area contributed by atoms with Crippen molar-refractivity contribution in [1.82, 2.24) is 20.0 Å². The molecule has 0 radical (unpaired) electrons. The van der Waals surface area contributed by atoms with Crippen LogP contribution in [0.1, 0.15) is 58.6 Å². The fourth-order valence-electron chi connectivity index (χ4n) is 6.11. The van der Waals surface area contributed by atoms with Gasteiger partial charge in [-0.1, -0.05) is 64.3 Å². The van der Waals surface area contributed by atoms with Crippen molar-refractivity contribution >= 4 is 17.2 Å². The zero-order chi connectivity index (χ0) is 27.4. The van der Waals surface area contributed by atoms with Gasteiger partial charge in [0.25, 0.3) is 0 Å². The van der Waals surface area contributed by atoms with E-state index < -0.39 is 0 Å². The highest BCUT2D eigenvalue weighted by atomic mass is 16.5. The van der Waals surface area contributed by atoms with E-state index in [1.54, 1.807) is 0 Å². The van der Waals surface area contributed by atoms with Crippen molar-refractivity contribution in [3.05, 3.63) is 60.3 Å². The summed E-state index contributed by atoms with van der Waals surface area (Å²) in [6, 6.07) is 9.23. The molecule has 3 heterocycles. The SMILES string of the molecule is C=C(NC(CC(C)C)C(=C)N1CC(C)C2OCCC21)c1ccc(/C(=C/C)N=C(C)N2CCN(C)CC2)cc1. The molecule has 0 aliphatic carbocycles. The summed E-state index contributed by atoms with van der Waals surface area (Å²) in [5.41, 5.74) is 5.34. The molecular formula is C32H49N5O. The average molecular weight is 520 g/mol. The van der Waals surface area contributed by atoms with Crippen LogP contribution < -0.4 is 5.32 Å². The summed E-state index contributed by atoms with van der Waals surface area (Å²) < 4.78 is 6.04.